The predicted molar refractivity (Wildman–Crippen MR) is 43.4 cm³/mol. The Morgan fingerprint density at radius 3 is 3.00 bits per heavy atom. The molecule has 2 heteroatoms. The Morgan fingerprint density at radius 2 is 2.20 bits per heavy atom. The Labute approximate surface area is 67.3 Å². The van der Waals surface area contributed by atoms with E-state index in [2.05, 4.69) is 4.90 Å². The highest BCUT2D eigenvalue weighted by Gasteiger charge is 2.36. The van der Waals surface area contributed by atoms with Crippen LogP contribution >= 0.6 is 11.6 Å². The number of halogens is 1. The Kier molecular flexibility index (Phi) is 1.88. The third-order valence-electron chi connectivity index (χ3n) is 2.94. The van der Waals surface area contributed by atoms with Crippen molar-refractivity contribution in [3.8, 4) is 0 Å². The molecule has 0 N–H and O–H groups in total. The van der Waals surface area contributed by atoms with Gasteiger partial charge in [-0.05, 0) is 38.3 Å². The minimum atomic E-state index is 0.809. The Hall–Kier alpha value is 0.250. The number of hydrogen-bond acceptors (Lipinski definition) is 1. The summed E-state index contributed by atoms with van der Waals surface area (Å²) in [6.07, 6.45) is 4.14. The first-order valence-corrected chi connectivity index (χ1v) is 4.75. The summed E-state index contributed by atoms with van der Waals surface area (Å²) in [7, 11) is 0. The zero-order valence-corrected chi connectivity index (χ0v) is 6.98. The second kappa shape index (κ2) is 2.71. The molecule has 0 amide bonds. The molecule has 2 heterocycles. The lowest BCUT2D eigenvalue weighted by Gasteiger charge is -2.17. The van der Waals surface area contributed by atoms with Gasteiger partial charge in [0.15, 0.2) is 0 Å². The largest absolute Gasteiger partial charge is 0.300 e. The third-order valence-corrected chi connectivity index (χ3v) is 3.34. The summed E-state index contributed by atoms with van der Waals surface area (Å²) >= 11 is 5.85. The molecule has 58 valence electrons. The molecule has 2 unspecified atom stereocenters. The van der Waals surface area contributed by atoms with Crippen LogP contribution in [0.1, 0.15) is 19.3 Å². The Morgan fingerprint density at radius 1 is 1.30 bits per heavy atom. The summed E-state index contributed by atoms with van der Waals surface area (Å²) in [5.74, 6) is 1.69. The summed E-state index contributed by atoms with van der Waals surface area (Å²) in [6.45, 7) is 2.64. The summed E-state index contributed by atoms with van der Waals surface area (Å²) < 4.78 is 0. The van der Waals surface area contributed by atoms with E-state index in [1.165, 1.54) is 32.4 Å². The van der Waals surface area contributed by atoms with Crippen LogP contribution in [-0.4, -0.2) is 29.9 Å². The monoisotopic (exact) mass is 159 g/mol. The second-order valence-corrected chi connectivity index (χ2v) is 3.76. The van der Waals surface area contributed by atoms with E-state index in [1.807, 2.05) is 0 Å². The minimum Gasteiger partial charge on any atom is -0.300 e. The van der Waals surface area contributed by atoms with Crippen LogP contribution in [0.5, 0.6) is 0 Å². The zero-order chi connectivity index (χ0) is 6.97. The van der Waals surface area contributed by atoms with Gasteiger partial charge in [-0.3, -0.25) is 0 Å². The molecular weight excluding hydrogens is 146 g/mol. The molecule has 0 radical (unpaired) electrons. The lowest BCUT2D eigenvalue weighted by molar-refractivity contribution is 0.300. The van der Waals surface area contributed by atoms with Gasteiger partial charge < -0.3 is 4.90 Å². The second-order valence-electron chi connectivity index (χ2n) is 3.45. The molecule has 2 atom stereocenters. The fraction of sp³-hybridized carbons (Fsp3) is 1.00. The molecule has 10 heavy (non-hydrogen) atoms. The van der Waals surface area contributed by atoms with Crippen molar-refractivity contribution in [3.05, 3.63) is 0 Å². The van der Waals surface area contributed by atoms with Crippen LogP contribution in [0.15, 0.2) is 0 Å². The molecule has 0 aromatic heterocycles. The van der Waals surface area contributed by atoms with Crippen LogP contribution in [0.2, 0.25) is 0 Å². The molecule has 1 nitrogen and oxygen atoms in total. The SMILES string of the molecule is ClCC1CCN2CCCC12. The van der Waals surface area contributed by atoms with Gasteiger partial charge in [-0.15, -0.1) is 11.6 Å². The van der Waals surface area contributed by atoms with Crippen molar-refractivity contribution < 1.29 is 0 Å². The Balaban J connectivity index is 2.01. The third kappa shape index (κ3) is 0.960. The lowest BCUT2D eigenvalue weighted by atomic mass is 10.0. The molecule has 0 saturated carbocycles. The van der Waals surface area contributed by atoms with E-state index >= 15 is 0 Å². The van der Waals surface area contributed by atoms with Gasteiger partial charge in [0, 0.05) is 11.9 Å². The molecule has 0 spiro atoms. The van der Waals surface area contributed by atoms with E-state index in [9.17, 15) is 0 Å². The fourth-order valence-electron chi connectivity index (χ4n) is 2.37. The molecule has 0 aromatic rings. The van der Waals surface area contributed by atoms with E-state index in [4.69, 9.17) is 11.6 Å². The topological polar surface area (TPSA) is 3.24 Å². The average molecular weight is 160 g/mol. The van der Waals surface area contributed by atoms with Gasteiger partial charge in [-0.2, -0.15) is 0 Å². The quantitative estimate of drug-likeness (QED) is 0.527. The summed E-state index contributed by atoms with van der Waals surface area (Å²) in [4.78, 5) is 2.60. The number of nitrogens with zero attached hydrogens (tertiary/aromatic N) is 1. The van der Waals surface area contributed by atoms with Crippen LogP contribution < -0.4 is 0 Å². The highest BCUT2D eigenvalue weighted by Crippen LogP contribution is 2.32. The van der Waals surface area contributed by atoms with Crippen LogP contribution in [0, 0.1) is 5.92 Å². The minimum absolute atomic E-state index is 0.809. The number of rotatable bonds is 1. The van der Waals surface area contributed by atoms with Crippen molar-refractivity contribution in [1.82, 2.24) is 4.90 Å². The van der Waals surface area contributed by atoms with Crippen molar-refractivity contribution >= 4 is 11.6 Å². The molecule has 0 bridgehead atoms. The van der Waals surface area contributed by atoms with Crippen LogP contribution in [0.3, 0.4) is 0 Å². The maximum absolute atomic E-state index is 5.85. The van der Waals surface area contributed by atoms with Gasteiger partial charge in [0.05, 0.1) is 0 Å². The first kappa shape index (κ1) is 6.93. The van der Waals surface area contributed by atoms with Gasteiger partial charge in [-0.1, -0.05) is 0 Å². The molecule has 2 aliphatic heterocycles. The first-order chi connectivity index (χ1) is 4.92. The van der Waals surface area contributed by atoms with E-state index in [-0.39, 0.29) is 0 Å². The van der Waals surface area contributed by atoms with Gasteiger partial charge in [0.2, 0.25) is 0 Å². The van der Waals surface area contributed by atoms with Crippen molar-refractivity contribution in [1.29, 1.82) is 0 Å². The highest BCUT2D eigenvalue weighted by molar-refractivity contribution is 6.18. The van der Waals surface area contributed by atoms with Gasteiger partial charge >= 0.3 is 0 Å². The molecule has 2 saturated heterocycles. The zero-order valence-electron chi connectivity index (χ0n) is 6.22. The number of fused-ring (bicyclic) bond motifs is 1. The fourth-order valence-corrected chi connectivity index (χ4v) is 2.73. The normalized spacial score (nSPS) is 40.5. The van der Waals surface area contributed by atoms with Crippen LogP contribution in [-0.2, 0) is 0 Å². The van der Waals surface area contributed by atoms with Crippen LogP contribution in [0.4, 0.5) is 0 Å². The van der Waals surface area contributed by atoms with Gasteiger partial charge in [-0.25, -0.2) is 0 Å². The molecule has 2 rings (SSSR count). The predicted octanol–water partition coefficient (Wildman–Crippen LogP) is 1.71. The van der Waals surface area contributed by atoms with E-state index in [0.717, 1.165) is 17.8 Å². The maximum atomic E-state index is 5.85. The van der Waals surface area contributed by atoms with Crippen molar-refractivity contribution in [2.45, 2.75) is 25.3 Å². The molecule has 0 aliphatic carbocycles. The van der Waals surface area contributed by atoms with Gasteiger partial charge in [0.25, 0.3) is 0 Å². The van der Waals surface area contributed by atoms with Crippen molar-refractivity contribution in [2.75, 3.05) is 19.0 Å². The highest BCUT2D eigenvalue weighted by atomic mass is 35.5. The molecular formula is C8H14ClN. The average Bonchev–Trinajstić information content (AvgIpc) is 2.44. The standard InChI is InChI=1S/C8H14ClN/c9-6-7-3-5-10-4-1-2-8(7)10/h7-8H,1-6H2. The number of hydrogen-bond donors (Lipinski definition) is 0. The van der Waals surface area contributed by atoms with Gasteiger partial charge in [0.1, 0.15) is 0 Å². The lowest BCUT2D eigenvalue weighted by Crippen LogP contribution is -2.26. The van der Waals surface area contributed by atoms with Crippen molar-refractivity contribution in [3.63, 3.8) is 0 Å². The van der Waals surface area contributed by atoms with E-state index < -0.39 is 0 Å². The number of alkyl halides is 1. The first-order valence-electron chi connectivity index (χ1n) is 4.22. The summed E-state index contributed by atoms with van der Waals surface area (Å²) in [5.41, 5.74) is 0. The van der Waals surface area contributed by atoms with Crippen molar-refractivity contribution in [2.24, 2.45) is 5.92 Å². The molecule has 2 aliphatic rings. The molecule has 2 fully saturated rings. The van der Waals surface area contributed by atoms with E-state index in [1.54, 1.807) is 0 Å². The van der Waals surface area contributed by atoms with Crippen LogP contribution in [0.25, 0.3) is 0 Å². The molecule has 0 aromatic carbocycles. The smallest absolute Gasteiger partial charge is 0.0267 e. The summed E-state index contributed by atoms with van der Waals surface area (Å²) in [6, 6.07) is 0.859. The van der Waals surface area contributed by atoms with E-state index in [0.29, 0.717) is 0 Å². The summed E-state index contributed by atoms with van der Waals surface area (Å²) in [5, 5.41) is 0. The Bertz CT molecular complexity index is 126. The maximum Gasteiger partial charge on any atom is 0.0267 e.